The van der Waals surface area contributed by atoms with Gasteiger partial charge in [0.1, 0.15) is 5.76 Å². The molecule has 0 saturated heterocycles. The van der Waals surface area contributed by atoms with Gasteiger partial charge in [-0.3, -0.25) is 0 Å². The van der Waals surface area contributed by atoms with Crippen molar-refractivity contribution in [2.24, 2.45) is 5.92 Å². The molecular weight excluding hydrogens is 364 g/mol. The van der Waals surface area contributed by atoms with Gasteiger partial charge >= 0.3 is 5.97 Å². The van der Waals surface area contributed by atoms with Crippen LogP contribution in [-0.2, 0) is 14.3 Å². The quantitative estimate of drug-likeness (QED) is 0.241. The molecule has 152 valence electrons. The summed E-state index contributed by atoms with van der Waals surface area (Å²) in [7, 11) is 2.88. The zero-order chi connectivity index (χ0) is 21.1. The number of rotatable bonds is 10. The van der Waals surface area contributed by atoms with E-state index in [9.17, 15) is 4.79 Å². The molecule has 1 aromatic heterocycles. The zero-order valence-corrected chi connectivity index (χ0v) is 17.2. The maximum Gasteiger partial charge on any atom is 0.334 e. The number of carbonyl (C=O) groups excluding carboxylic acids is 1. The molecule has 5 nitrogen and oxygen atoms in total. The molecule has 0 amide bonds. The van der Waals surface area contributed by atoms with Gasteiger partial charge in [-0.05, 0) is 42.9 Å². The second kappa shape index (κ2) is 11.5. The SMILES string of the molecule is C=C(CC(/C=C\C)C/C=C/n1cccn1)c1ccccc1/C(=C/C(=O)OC)OC. The van der Waals surface area contributed by atoms with Crippen LogP contribution in [0.25, 0.3) is 17.5 Å². The van der Waals surface area contributed by atoms with Crippen LogP contribution in [0.2, 0.25) is 0 Å². The summed E-state index contributed by atoms with van der Waals surface area (Å²) < 4.78 is 12.0. The van der Waals surface area contributed by atoms with Crippen molar-refractivity contribution in [1.29, 1.82) is 0 Å². The molecule has 0 N–H and O–H groups in total. The summed E-state index contributed by atoms with van der Waals surface area (Å²) in [5, 5.41) is 4.18. The lowest BCUT2D eigenvalue weighted by molar-refractivity contribution is -0.134. The molecule has 0 aliphatic carbocycles. The highest BCUT2D eigenvalue weighted by Gasteiger charge is 2.14. The third-order valence-electron chi connectivity index (χ3n) is 4.44. The number of hydrogen-bond donors (Lipinski definition) is 0. The minimum atomic E-state index is -0.460. The van der Waals surface area contributed by atoms with E-state index in [1.165, 1.54) is 20.3 Å². The summed E-state index contributed by atoms with van der Waals surface area (Å²) in [6.07, 6.45) is 14.9. The molecule has 0 bridgehead atoms. The fourth-order valence-corrected chi connectivity index (χ4v) is 3.06. The third-order valence-corrected chi connectivity index (χ3v) is 4.44. The van der Waals surface area contributed by atoms with Gasteiger partial charge in [0.25, 0.3) is 0 Å². The monoisotopic (exact) mass is 392 g/mol. The van der Waals surface area contributed by atoms with Crippen LogP contribution in [0.1, 0.15) is 30.9 Å². The molecule has 0 fully saturated rings. The van der Waals surface area contributed by atoms with Crippen LogP contribution >= 0.6 is 0 Å². The summed E-state index contributed by atoms with van der Waals surface area (Å²) in [5.41, 5.74) is 2.75. The topological polar surface area (TPSA) is 53.4 Å². The molecule has 1 unspecified atom stereocenters. The second-order valence-electron chi connectivity index (χ2n) is 6.48. The van der Waals surface area contributed by atoms with E-state index >= 15 is 0 Å². The Morgan fingerprint density at radius 1 is 1.21 bits per heavy atom. The highest BCUT2D eigenvalue weighted by atomic mass is 16.5. The summed E-state index contributed by atoms with van der Waals surface area (Å²) in [6, 6.07) is 9.67. The van der Waals surface area contributed by atoms with E-state index in [0.29, 0.717) is 11.7 Å². The first-order valence-electron chi connectivity index (χ1n) is 9.48. The van der Waals surface area contributed by atoms with Gasteiger partial charge in [-0.15, -0.1) is 0 Å². The van der Waals surface area contributed by atoms with Crippen LogP contribution in [-0.4, -0.2) is 30.0 Å². The number of ether oxygens (including phenoxy) is 2. The molecule has 1 atom stereocenters. The van der Waals surface area contributed by atoms with E-state index in [1.54, 1.807) is 10.9 Å². The van der Waals surface area contributed by atoms with Gasteiger partial charge < -0.3 is 9.47 Å². The molecule has 5 heteroatoms. The zero-order valence-electron chi connectivity index (χ0n) is 17.2. The van der Waals surface area contributed by atoms with Crippen molar-refractivity contribution in [3.8, 4) is 0 Å². The molecule has 29 heavy (non-hydrogen) atoms. The lowest BCUT2D eigenvalue weighted by atomic mass is 9.90. The van der Waals surface area contributed by atoms with E-state index in [1.807, 2.05) is 49.7 Å². The largest absolute Gasteiger partial charge is 0.496 e. The van der Waals surface area contributed by atoms with E-state index < -0.39 is 5.97 Å². The number of allylic oxidation sites excluding steroid dienone is 4. The van der Waals surface area contributed by atoms with Crippen LogP contribution in [0, 0.1) is 5.92 Å². The first kappa shape index (κ1) is 22.0. The fraction of sp³-hybridized carbons (Fsp3) is 0.250. The van der Waals surface area contributed by atoms with E-state index in [0.717, 1.165) is 29.5 Å². The fourth-order valence-electron chi connectivity index (χ4n) is 3.06. The minimum absolute atomic E-state index is 0.294. The Morgan fingerprint density at radius 2 is 1.97 bits per heavy atom. The molecule has 0 saturated carbocycles. The normalized spacial score (nSPS) is 13.0. The standard InChI is InChI=1S/C24H28N2O3/c1-5-10-20(11-8-15-26-16-9-14-25-26)17-19(2)21-12-6-7-13-22(21)23(28-3)18-24(27)29-4/h5-10,12-16,18,20H,2,11,17H2,1,3-4H3/b10-5-,15-8+,23-18-. The average Bonchev–Trinajstić information content (AvgIpc) is 3.25. The van der Waals surface area contributed by atoms with Crippen LogP contribution in [0.5, 0.6) is 0 Å². The number of aromatic nitrogens is 2. The van der Waals surface area contributed by atoms with Crippen molar-refractivity contribution in [2.45, 2.75) is 19.8 Å². The molecule has 1 aromatic carbocycles. The molecule has 0 aliphatic rings. The number of hydrogen-bond acceptors (Lipinski definition) is 4. The highest BCUT2D eigenvalue weighted by molar-refractivity contribution is 5.91. The lowest BCUT2D eigenvalue weighted by Crippen LogP contribution is -2.03. The van der Waals surface area contributed by atoms with Gasteiger partial charge in [0, 0.05) is 24.2 Å². The molecule has 0 aliphatic heterocycles. The van der Waals surface area contributed by atoms with Crippen molar-refractivity contribution in [3.05, 3.63) is 84.7 Å². The van der Waals surface area contributed by atoms with Gasteiger partial charge in [-0.1, -0.05) is 49.1 Å². The molecule has 2 aromatic rings. The van der Waals surface area contributed by atoms with Gasteiger partial charge in [-0.2, -0.15) is 5.10 Å². The smallest absolute Gasteiger partial charge is 0.334 e. The highest BCUT2D eigenvalue weighted by Crippen LogP contribution is 2.30. The summed E-state index contributed by atoms with van der Waals surface area (Å²) >= 11 is 0. The van der Waals surface area contributed by atoms with Crippen LogP contribution < -0.4 is 0 Å². The number of carbonyl (C=O) groups is 1. The maximum atomic E-state index is 11.7. The number of methoxy groups -OCH3 is 2. The van der Waals surface area contributed by atoms with E-state index in [2.05, 4.69) is 29.9 Å². The summed E-state index contributed by atoms with van der Waals surface area (Å²) in [4.78, 5) is 11.7. The van der Waals surface area contributed by atoms with Gasteiger partial charge in [0.05, 0.1) is 20.3 Å². The Morgan fingerprint density at radius 3 is 2.59 bits per heavy atom. The van der Waals surface area contributed by atoms with Crippen molar-refractivity contribution in [3.63, 3.8) is 0 Å². The number of nitrogens with zero attached hydrogens (tertiary/aromatic N) is 2. The van der Waals surface area contributed by atoms with Crippen molar-refractivity contribution in [2.75, 3.05) is 14.2 Å². The molecule has 1 heterocycles. The molecule has 0 spiro atoms. The van der Waals surface area contributed by atoms with E-state index in [4.69, 9.17) is 9.47 Å². The first-order valence-corrected chi connectivity index (χ1v) is 9.48. The number of benzene rings is 1. The predicted octanol–water partition coefficient (Wildman–Crippen LogP) is 5.20. The van der Waals surface area contributed by atoms with Crippen molar-refractivity contribution < 1.29 is 14.3 Å². The first-order chi connectivity index (χ1) is 14.1. The molecular formula is C24H28N2O3. The lowest BCUT2D eigenvalue weighted by Gasteiger charge is -2.17. The van der Waals surface area contributed by atoms with E-state index in [-0.39, 0.29) is 0 Å². The summed E-state index contributed by atoms with van der Waals surface area (Å²) in [6.45, 7) is 6.32. The minimum Gasteiger partial charge on any atom is -0.496 e. The van der Waals surface area contributed by atoms with Gasteiger partial charge in [-0.25, -0.2) is 9.48 Å². The Bertz CT molecular complexity index is 893. The van der Waals surface area contributed by atoms with Gasteiger partial charge in [0.15, 0.2) is 0 Å². The summed E-state index contributed by atoms with van der Waals surface area (Å²) in [5.74, 6) is 0.288. The van der Waals surface area contributed by atoms with Gasteiger partial charge in [0.2, 0.25) is 0 Å². The van der Waals surface area contributed by atoms with Crippen LogP contribution in [0.3, 0.4) is 0 Å². The third kappa shape index (κ3) is 6.64. The van der Waals surface area contributed by atoms with Crippen LogP contribution in [0.4, 0.5) is 0 Å². The Labute approximate surface area is 172 Å². The molecule has 2 rings (SSSR count). The Balaban J connectivity index is 2.19. The maximum absolute atomic E-state index is 11.7. The average molecular weight is 392 g/mol. The molecule has 0 radical (unpaired) electrons. The Kier molecular flexibility index (Phi) is 8.70. The van der Waals surface area contributed by atoms with Crippen molar-refractivity contribution in [1.82, 2.24) is 9.78 Å². The predicted molar refractivity (Wildman–Crippen MR) is 118 cm³/mol. The van der Waals surface area contributed by atoms with Crippen LogP contribution in [0.15, 0.2) is 73.6 Å². The van der Waals surface area contributed by atoms with Crippen molar-refractivity contribution >= 4 is 23.5 Å². The number of esters is 1. The Hall–Kier alpha value is -3.34. The second-order valence-corrected chi connectivity index (χ2v) is 6.48.